The quantitative estimate of drug-likeness (QED) is 0.876. The van der Waals surface area contributed by atoms with E-state index in [2.05, 4.69) is 0 Å². The van der Waals surface area contributed by atoms with Crippen molar-refractivity contribution in [3.8, 4) is 0 Å². The minimum Gasteiger partial charge on any atom is -0.478 e. The van der Waals surface area contributed by atoms with Crippen molar-refractivity contribution in [2.75, 3.05) is 0 Å². The molecule has 0 fully saturated rings. The Balaban J connectivity index is 2.65. The average Bonchev–Trinajstić information content (AvgIpc) is 2.43. The van der Waals surface area contributed by atoms with Crippen molar-refractivity contribution >= 4 is 11.8 Å². The van der Waals surface area contributed by atoms with E-state index in [1.807, 2.05) is 0 Å². The summed E-state index contributed by atoms with van der Waals surface area (Å²) in [5.41, 5.74) is 1.91. The van der Waals surface area contributed by atoms with Gasteiger partial charge in [0.25, 0.3) is 0 Å². The summed E-state index contributed by atoms with van der Waals surface area (Å²) >= 11 is 0. The minimum atomic E-state index is -1.14. The zero-order chi connectivity index (χ0) is 15.7. The number of carboxylic acids is 1. The van der Waals surface area contributed by atoms with E-state index in [1.165, 1.54) is 18.2 Å². The topological polar surface area (TPSA) is 54.4 Å². The van der Waals surface area contributed by atoms with Crippen LogP contribution in [0.25, 0.3) is 0 Å². The number of rotatable bonds is 3. The molecule has 0 spiro atoms. The van der Waals surface area contributed by atoms with Crippen LogP contribution in [0.3, 0.4) is 0 Å². The fourth-order valence-electron chi connectivity index (χ4n) is 2.31. The number of carbonyl (C=O) groups is 2. The summed E-state index contributed by atoms with van der Waals surface area (Å²) in [6, 6.07) is 7.41. The second kappa shape index (κ2) is 5.48. The Bertz CT molecular complexity index is 748. The Labute approximate surface area is 122 Å². The summed E-state index contributed by atoms with van der Waals surface area (Å²) < 4.78 is 13.3. The van der Waals surface area contributed by atoms with Crippen molar-refractivity contribution < 1.29 is 19.1 Å². The first-order valence-corrected chi connectivity index (χ1v) is 6.47. The Morgan fingerprint density at radius 3 is 2.00 bits per heavy atom. The molecule has 0 bridgehead atoms. The van der Waals surface area contributed by atoms with Gasteiger partial charge in [0, 0.05) is 11.1 Å². The van der Waals surface area contributed by atoms with Crippen LogP contribution in [0.5, 0.6) is 0 Å². The molecule has 21 heavy (non-hydrogen) atoms. The van der Waals surface area contributed by atoms with E-state index in [4.69, 9.17) is 0 Å². The number of carbonyl (C=O) groups excluding carboxylic acids is 1. The van der Waals surface area contributed by atoms with Crippen LogP contribution in [0.15, 0.2) is 30.3 Å². The molecule has 1 N–H and O–H groups in total. The van der Waals surface area contributed by atoms with Crippen LogP contribution in [0, 0.1) is 26.6 Å². The van der Waals surface area contributed by atoms with Crippen LogP contribution in [-0.2, 0) is 0 Å². The molecule has 0 aliphatic carbocycles. The Morgan fingerprint density at radius 1 is 0.905 bits per heavy atom. The molecule has 4 heteroatoms. The van der Waals surface area contributed by atoms with E-state index < -0.39 is 17.6 Å². The fraction of sp³-hybridized carbons (Fsp3) is 0.176. The zero-order valence-corrected chi connectivity index (χ0v) is 12.0. The lowest BCUT2D eigenvalue weighted by atomic mass is 9.91. The van der Waals surface area contributed by atoms with E-state index in [0.717, 1.165) is 0 Å². The van der Waals surface area contributed by atoms with Gasteiger partial charge in [-0.3, -0.25) is 4.79 Å². The largest absolute Gasteiger partial charge is 0.478 e. The lowest BCUT2D eigenvalue weighted by Gasteiger charge is -2.12. The van der Waals surface area contributed by atoms with Crippen LogP contribution >= 0.6 is 0 Å². The number of aromatic carboxylic acids is 1. The number of ketones is 1. The molecule has 0 radical (unpaired) electrons. The van der Waals surface area contributed by atoms with Gasteiger partial charge in [-0.05, 0) is 55.7 Å². The molecule has 2 aromatic carbocycles. The average molecular weight is 286 g/mol. The highest BCUT2D eigenvalue weighted by Crippen LogP contribution is 2.23. The van der Waals surface area contributed by atoms with Gasteiger partial charge in [-0.1, -0.05) is 12.1 Å². The molecule has 0 unspecified atom stereocenters. The standard InChI is InChI=1S/C17H15FO3/c1-9-4-5-10(2)15(17(20)21)14(9)16(19)12-6-7-13(18)11(3)8-12/h4-8H,1-3H3,(H,20,21). The minimum absolute atomic E-state index is 0.00183. The fourth-order valence-corrected chi connectivity index (χ4v) is 2.31. The smallest absolute Gasteiger partial charge is 0.336 e. The van der Waals surface area contributed by atoms with Crippen molar-refractivity contribution in [2.24, 2.45) is 0 Å². The normalized spacial score (nSPS) is 10.5. The van der Waals surface area contributed by atoms with Gasteiger partial charge < -0.3 is 5.11 Å². The van der Waals surface area contributed by atoms with Crippen molar-refractivity contribution in [1.29, 1.82) is 0 Å². The van der Waals surface area contributed by atoms with Crippen LogP contribution in [0.2, 0.25) is 0 Å². The Hall–Kier alpha value is -2.49. The number of halogens is 1. The molecule has 0 aliphatic heterocycles. The Kier molecular flexibility index (Phi) is 3.89. The highest BCUT2D eigenvalue weighted by atomic mass is 19.1. The summed E-state index contributed by atoms with van der Waals surface area (Å²) in [5, 5.41) is 9.35. The van der Waals surface area contributed by atoms with Crippen molar-refractivity contribution in [1.82, 2.24) is 0 Å². The maximum Gasteiger partial charge on any atom is 0.336 e. The SMILES string of the molecule is Cc1cc(C(=O)c2c(C)ccc(C)c2C(=O)O)ccc1F. The first kappa shape index (κ1) is 14.9. The van der Waals surface area contributed by atoms with E-state index in [9.17, 15) is 19.1 Å². The first-order chi connectivity index (χ1) is 9.82. The second-order valence-electron chi connectivity index (χ2n) is 5.05. The lowest BCUT2D eigenvalue weighted by Crippen LogP contribution is -2.14. The van der Waals surface area contributed by atoms with E-state index in [0.29, 0.717) is 16.7 Å². The Morgan fingerprint density at radius 2 is 1.48 bits per heavy atom. The van der Waals surface area contributed by atoms with Crippen LogP contribution < -0.4 is 0 Å². The molecule has 0 aliphatic rings. The molecule has 0 amide bonds. The highest BCUT2D eigenvalue weighted by Gasteiger charge is 2.22. The summed E-state index contributed by atoms with van der Waals surface area (Å²) in [7, 11) is 0. The molecular formula is C17H15FO3. The third-order valence-corrected chi connectivity index (χ3v) is 3.48. The van der Waals surface area contributed by atoms with E-state index in [1.54, 1.807) is 32.9 Å². The van der Waals surface area contributed by atoms with Gasteiger partial charge in [0.1, 0.15) is 5.82 Å². The van der Waals surface area contributed by atoms with Gasteiger partial charge in [0.05, 0.1) is 5.56 Å². The van der Waals surface area contributed by atoms with E-state index >= 15 is 0 Å². The highest BCUT2D eigenvalue weighted by molar-refractivity contribution is 6.15. The van der Waals surface area contributed by atoms with Gasteiger partial charge in [0.2, 0.25) is 0 Å². The third-order valence-electron chi connectivity index (χ3n) is 3.48. The molecule has 0 atom stereocenters. The number of hydrogen-bond acceptors (Lipinski definition) is 2. The number of aryl methyl sites for hydroxylation is 3. The molecule has 2 rings (SSSR count). The second-order valence-corrected chi connectivity index (χ2v) is 5.05. The predicted octanol–water partition coefficient (Wildman–Crippen LogP) is 3.68. The molecule has 2 aromatic rings. The maximum atomic E-state index is 13.3. The summed E-state index contributed by atoms with van der Waals surface area (Å²) in [6.45, 7) is 4.90. The molecule has 108 valence electrons. The van der Waals surface area contributed by atoms with Crippen LogP contribution in [-0.4, -0.2) is 16.9 Å². The van der Waals surface area contributed by atoms with Crippen molar-refractivity contribution in [3.05, 3.63) is 69.5 Å². The maximum absolute atomic E-state index is 13.3. The molecular weight excluding hydrogens is 271 g/mol. The first-order valence-electron chi connectivity index (χ1n) is 6.47. The molecule has 0 aromatic heterocycles. The summed E-state index contributed by atoms with van der Waals surface area (Å²) in [6.07, 6.45) is 0. The van der Waals surface area contributed by atoms with Crippen molar-refractivity contribution in [2.45, 2.75) is 20.8 Å². The van der Waals surface area contributed by atoms with Gasteiger partial charge >= 0.3 is 5.97 Å². The third kappa shape index (κ3) is 2.70. The van der Waals surface area contributed by atoms with Gasteiger partial charge in [0.15, 0.2) is 5.78 Å². The summed E-state index contributed by atoms with van der Waals surface area (Å²) in [4.78, 5) is 24.1. The molecule has 3 nitrogen and oxygen atoms in total. The van der Waals surface area contributed by atoms with Gasteiger partial charge in [-0.15, -0.1) is 0 Å². The lowest BCUT2D eigenvalue weighted by molar-refractivity contribution is 0.0692. The summed E-state index contributed by atoms with van der Waals surface area (Å²) in [5.74, 6) is -1.94. The van der Waals surface area contributed by atoms with Gasteiger partial charge in [-0.25, -0.2) is 9.18 Å². The molecule has 0 saturated carbocycles. The zero-order valence-electron chi connectivity index (χ0n) is 12.0. The molecule has 0 saturated heterocycles. The van der Waals surface area contributed by atoms with Crippen molar-refractivity contribution in [3.63, 3.8) is 0 Å². The number of carboxylic acid groups (broad SMARTS) is 1. The number of hydrogen-bond donors (Lipinski definition) is 1. The predicted molar refractivity (Wildman–Crippen MR) is 77.4 cm³/mol. The van der Waals surface area contributed by atoms with Crippen LogP contribution in [0.4, 0.5) is 4.39 Å². The van der Waals surface area contributed by atoms with Gasteiger partial charge in [-0.2, -0.15) is 0 Å². The van der Waals surface area contributed by atoms with E-state index in [-0.39, 0.29) is 16.7 Å². The van der Waals surface area contributed by atoms with Crippen LogP contribution in [0.1, 0.15) is 43.0 Å². The molecule has 0 heterocycles. The number of benzene rings is 2. The monoisotopic (exact) mass is 286 g/mol.